The van der Waals surface area contributed by atoms with Gasteiger partial charge in [0.15, 0.2) is 10.8 Å². The Morgan fingerprint density at radius 3 is 1.34 bits per heavy atom. The molecule has 4 aromatic rings. The lowest BCUT2D eigenvalue weighted by molar-refractivity contribution is -0.138. The zero-order valence-electron chi connectivity index (χ0n) is 30.6. The van der Waals surface area contributed by atoms with Crippen LogP contribution in [0.2, 0.25) is 0 Å². The van der Waals surface area contributed by atoms with Crippen LogP contribution in [0.25, 0.3) is 0 Å². The predicted molar refractivity (Wildman–Crippen MR) is 230 cm³/mol. The summed E-state index contributed by atoms with van der Waals surface area (Å²) in [5.41, 5.74) is 2.53. The molecule has 0 unspecified atom stereocenters. The van der Waals surface area contributed by atoms with Crippen molar-refractivity contribution < 1.29 is 28.7 Å². The van der Waals surface area contributed by atoms with Gasteiger partial charge in [0, 0.05) is 44.5 Å². The topological polar surface area (TPSA) is 118 Å². The number of amides is 2. The van der Waals surface area contributed by atoms with Gasteiger partial charge in [0.2, 0.25) is 11.8 Å². The Morgan fingerprint density at radius 2 is 1.00 bits per heavy atom. The van der Waals surface area contributed by atoms with Crippen LogP contribution in [0.3, 0.4) is 0 Å². The SMILES string of the molecule is CCN1C(=O)[C@@]2(C(C(=O)OC)=CSC2=Nc2ccccc2)c2cc(Br)ccc21.CCN1C(=O)[C@]2(C(C(=O)OC)=CSC2=Nc2ccccc2)c2cc(Br)ccc21. The van der Waals surface area contributed by atoms with E-state index >= 15 is 0 Å². The molecule has 4 heterocycles. The van der Waals surface area contributed by atoms with E-state index in [-0.39, 0.29) is 11.8 Å². The maximum Gasteiger partial charge on any atom is 0.336 e. The van der Waals surface area contributed by atoms with Crippen LogP contribution in [0, 0.1) is 0 Å². The molecule has 4 aliphatic rings. The molecule has 4 aliphatic heterocycles. The molecule has 0 bridgehead atoms. The Bertz CT molecular complexity index is 2240. The van der Waals surface area contributed by atoms with E-state index in [1.165, 1.54) is 37.7 Å². The van der Waals surface area contributed by atoms with Crippen molar-refractivity contribution in [1.29, 1.82) is 0 Å². The normalized spacial score (nSPS) is 22.0. The molecule has 2 amide bonds. The summed E-state index contributed by atoms with van der Waals surface area (Å²) in [6, 6.07) is 30.2. The minimum atomic E-state index is -1.29. The van der Waals surface area contributed by atoms with Crippen LogP contribution in [-0.4, -0.2) is 61.1 Å². The number of ether oxygens (including phenoxy) is 2. The molecule has 2 spiro atoms. The van der Waals surface area contributed by atoms with E-state index in [0.717, 1.165) is 42.8 Å². The first kappa shape index (κ1) is 39.5. The fraction of sp³-hybridized carbons (Fsp3) is 0.190. The van der Waals surface area contributed by atoms with Crippen molar-refractivity contribution in [2.24, 2.45) is 9.98 Å². The Kier molecular flexibility index (Phi) is 11.3. The predicted octanol–water partition coefficient (Wildman–Crippen LogP) is 9.17. The number of para-hydroxylation sites is 2. The number of hydrogen-bond donors (Lipinski definition) is 0. The van der Waals surface area contributed by atoms with E-state index in [0.29, 0.717) is 34.3 Å². The maximum atomic E-state index is 13.7. The number of carbonyl (C=O) groups is 4. The fourth-order valence-electron chi connectivity index (χ4n) is 7.40. The number of hydrogen-bond acceptors (Lipinski definition) is 10. The number of thioether (sulfide) groups is 2. The van der Waals surface area contributed by atoms with Crippen molar-refractivity contribution in [2.45, 2.75) is 24.7 Å². The van der Waals surface area contributed by atoms with E-state index in [9.17, 15) is 19.2 Å². The summed E-state index contributed by atoms with van der Waals surface area (Å²) in [4.78, 5) is 65.7. The molecule has 14 heteroatoms. The highest BCUT2D eigenvalue weighted by atomic mass is 79.9. The van der Waals surface area contributed by atoms with E-state index in [2.05, 4.69) is 31.9 Å². The number of methoxy groups -OCH3 is 2. The maximum absolute atomic E-state index is 13.7. The lowest BCUT2D eigenvalue weighted by atomic mass is 9.76. The number of benzene rings is 4. The quantitative estimate of drug-likeness (QED) is 0.176. The monoisotopic (exact) mass is 912 g/mol. The molecular formula is C42H34Br2N4O6S2. The Morgan fingerprint density at radius 1 is 0.625 bits per heavy atom. The van der Waals surface area contributed by atoms with Gasteiger partial charge in [0.1, 0.15) is 10.1 Å². The lowest BCUT2D eigenvalue weighted by Crippen LogP contribution is -2.46. The smallest absolute Gasteiger partial charge is 0.336 e. The first-order valence-electron chi connectivity index (χ1n) is 17.5. The number of rotatable bonds is 6. The van der Waals surface area contributed by atoms with Crippen molar-refractivity contribution >= 4 is 112 Å². The number of carbonyl (C=O) groups excluding carboxylic acids is 4. The summed E-state index contributed by atoms with van der Waals surface area (Å²) in [7, 11) is 2.65. The third kappa shape index (κ3) is 6.27. The average Bonchev–Trinajstić information content (AvgIpc) is 3.92. The number of halogens is 2. The van der Waals surface area contributed by atoms with E-state index in [1.54, 1.807) is 20.6 Å². The van der Waals surface area contributed by atoms with Crippen LogP contribution >= 0.6 is 55.4 Å². The summed E-state index contributed by atoms with van der Waals surface area (Å²) < 4.78 is 11.7. The van der Waals surface area contributed by atoms with Crippen LogP contribution in [-0.2, 0) is 39.5 Å². The number of fused-ring (bicyclic) bond motifs is 4. The lowest BCUT2D eigenvalue weighted by Gasteiger charge is -2.26. The Balaban J connectivity index is 0.000000172. The zero-order valence-corrected chi connectivity index (χ0v) is 35.4. The van der Waals surface area contributed by atoms with E-state index < -0.39 is 22.8 Å². The van der Waals surface area contributed by atoms with Crippen molar-refractivity contribution in [2.75, 3.05) is 37.1 Å². The number of esters is 2. The first-order chi connectivity index (χ1) is 27.1. The fourth-order valence-corrected chi connectivity index (χ4v) is 10.4. The molecule has 0 aliphatic carbocycles. The molecule has 10 nitrogen and oxygen atoms in total. The molecule has 0 N–H and O–H groups in total. The van der Waals surface area contributed by atoms with Crippen molar-refractivity contribution in [3.63, 3.8) is 0 Å². The minimum absolute atomic E-state index is 0.181. The second-order valence-electron chi connectivity index (χ2n) is 12.7. The first-order valence-corrected chi connectivity index (χ1v) is 20.9. The molecule has 2 atom stereocenters. The molecule has 0 aromatic heterocycles. The van der Waals surface area contributed by atoms with Crippen molar-refractivity contribution in [3.05, 3.63) is 139 Å². The summed E-state index contributed by atoms with van der Waals surface area (Å²) in [6.07, 6.45) is 0. The molecule has 4 aromatic carbocycles. The van der Waals surface area contributed by atoms with Gasteiger partial charge in [0.25, 0.3) is 0 Å². The van der Waals surface area contributed by atoms with Gasteiger partial charge >= 0.3 is 11.9 Å². The van der Waals surface area contributed by atoms with Gasteiger partial charge in [-0.15, -0.1) is 0 Å². The second kappa shape index (κ2) is 16.0. The van der Waals surface area contributed by atoms with E-state index in [1.807, 2.05) is 111 Å². The number of aliphatic imine (C=N–C) groups is 2. The summed E-state index contributed by atoms with van der Waals surface area (Å²) in [6.45, 7) is 4.82. The van der Waals surface area contributed by atoms with Crippen molar-refractivity contribution in [1.82, 2.24) is 0 Å². The summed E-state index contributed by atoms with van der Waals surface area (Å²) in [5, 5.41) is 4.49. The molecule has 56 heavy (non-hydrogen) atoms. The minimum Gasteiger partial charge on any atom is -0.466 e. The van der Waals surface area contributed by atoms with Gasteiger partial charge in [-0.3, -0.25) is 9.59 Å². The molecule has 0 saturated carbocycles. The van der Waals surface area contributed by atoms with Gasteiger partial charge < -0.3 is 19.3 Å². The molecule has 0 saturated heterocycles. The van der Waals surface area contributed by atoms with Crippen LogP contribution < -0.4 is 9.80 Å². The highest BCUT2D eigenvalue weighted by molar-refractivity contribution is 9.10. The van der Waals surface area contributed by atoms with Gasteiger partial charge in [-0.25, -0.2) is 19.6 Å². The van der Waals surface area contributed by atoms with Gasteiger partial charge in [-0.1, -0.05) is 91.8 Å². The third-order valence-electron chi connectivity index (χ3n) is 9.88. The molecule has 0 fully saturated rings. The average molecular weight is 915 g/mol. The van der Waals surface area contributed by atoms with Crippen LogP contribution in [0.15, 0.2) is 138 Å². The van der Waals surface area contributed by atoms with Crippen LogP contribution in [0.5, 0.6) is 0 Å². The standard InChI is InChI=1S/2C21H17BrN2O3S/c2*1-3-24-17-10-9-13(22)11-15(17)21(20(24)26)16(18(25)27-2)12-28-19(21)23-14-7-5-4-6-8-14/h2*4-12H,3H2,1-2H3/t2*21-/m10/s1. The molecule has 0 radical (unpaired) electrons. The van der Waals surface area contributed by atoms with Crippen LogP contribution in [0.4, 0.5) is 22.7 Å². The van der Waals surface area contributed by atoms with Crippen molar-refractivity contribution in [3.8, 4) is 0 Å². The van der Waals surface area contributed by atoms with Gasteiger partial charge in [0.05, 0.1) is 36.7 Å². The molecule has 8 rings (SSSR count). The number of nitrogens with zero attached hydrogens (tertiary/aromatic N) is 4. The third-order valence-corrected chi connectivity index (χ3v) is 12.8. The number of likely N-dealkylation sites (N-methyl/N-ethyl adjacent to an activating group) is 2. The zero-order chi connectivity index (χ0) is 39.8. The van der Waals surface area contributed by atoms with Crippen LogP contribution in [0.1, 0.15) is 25.0 Å². The second-order valence-corrected chi connectivity index (χ2v) is 16.3. The molecular weight excluding hydrogens is 880 g/mol. The highest BCUT2D eigenvalue weighted by Crippen LogP contribution is 2.56. The van der Waals surface area contributed by atoms with Gasteiger partial charge in [-0.2, -0.15) is 0 Å². The Hall–Kier alpha value is -4.76. The largest absolute Gasteiger partial charge is 0.466 e. The summed E-state index contributed by atoms with van der Waals surface area (Å²) >= 11 is 9.60. The van der Waals surface area contributed by atoms with E-state index in [4.69, 9.17) is 19.5 Å². The highest BCUT2D eigenvalue weighted by Gasteiger charge is 2.62. The van der Waals surface area contributed by atoms with Gasteiger partial charge in [-0.05, 0) is 85.3 Å². The molecule has 284 valence electrons. The summed E-state index contributed by atoms with van der Waals surface area (Å²) in [5.74, 6) is -1.41. The Labute approximate surface area is 349 Å². The number of anilines is 2.